The zero-order valence-electron chi connectivity index (χ0n) is 18.9. The highest BCUT2D eigenvalue weighted by Gasteiger charge is 2.35. The first kappa shape index (κ1) is 23.6. The Morgan fingerprint density at radius 2 is 2.19 bits per heavy atom. The fourth-order valence-corrected chi connectivity index (χ4v) is 4.66. The Hall–Kier alpha value is -2.03. The lowest BCUT2D eigenvalue weighted by molar-refractivity contribution is 0.0529. The molecule has 0 saturated carbocycles. The zero-order valence-corrected chi connectivity index (χ0v) is 19.7. The fourth-order valence-electron chi connectivity index (χ4n) is 3.82. The number of halogens is 1. The van der Waals surface area contributed by atoms with Crippen molar-refractivity contribution in [3.63, 3.8) is 0 Å². The second-order valence-corrected chi connectivity index (χ2v) is 8.87. The van der Waals surface area contributed by atoms with Crippen molar-refractivity contribution in [1.29, 1.82) is 0 Å². The number of aromatic nitrogens is 1. The molecule has 1 aliphatic heterocycles. The van der Waals surface area contributed by atoms with E-state index < -0.39 is 0 Å². The van der Waals surface area contributed by atoms with E-state index in [0.29, 0.717) is 26.3 Å². The van der Waals surface area contributed by atoms with Crippen LogP contribution in [0.1, 0.15) is 49.1 Å². The first-order chi connectivity index (χ1) is 15.0. The first-order valence-corrected chi connectivity index (χ1v) is 11.7. The molecule has 31 heavy (non-hydrogen) atoms. The average Bonchev–Trinajstić information content (AvgIpc) is 3.25. The van der Waals surface area contributed by atoms with Gasteiger partial charge in [0, 0.05) is 44.7 Å². The van der Waals surface area contributed by atoms with Crippen molar-refractivity contribution in [3.05, 3.63) is 51.7 Å². The maximum atomic E-state index is 14.0. The summed E-state index contributed by atoms with van der Waals surface area (Å²) in [6, 6.07) is 6.92. The maximum Gasteiger partial charge on any atom is 0.194 e. The lowest BCUT2D eigenvalue weighted by Crippen LogP contribution is -2.42. The molecule has 1 unspecified atom stereocenters. The van der Waals surface area contributed by atoms with Crippen LogP contribution in [0.3, 0.4) is 0 Å². The Morgan fingerprint density at radius 3 is 2.87 bits per heavy atom. The molecule has 3 rings (SSSR count). The predicted octanol–water partition coefficient (Wildman–Crippen LogP) is 4.14. The van der Waals surface area contributed by atoms with Gasteiger partial charge in [-0.3, -0.25) is 4.99 Å². The van der Waals surface area contributed by atoms with E-state index in [9.17, 15) is 4.39 Å². The summed E-state index contributed by atoms with van der Waals surface area (Å²) in [4.78, 5) is 11.8. The van der Waals surface area contributed by atoms with Gasteiger partial charge in [0.15, 0.2) is 5.96 Å². The summed E-state index contributed by atoms with van der Waals surface area (Å²) in [6.45, 7) is 7.38. The molecule has 1 N–H and O–H groups in total. The van der Waals surface area contributed by atoms with Gasteiger partial charge in [0.1, 0.15) is 16.9 Å². The van der Waals surface area contributed by atoms with Crippen molar-refractivity contribution in [3.8, 4) is 0 Å². The fraction of sp³-hybridized carbons (Fsp3) is 0.565. The number of guanidine groups is 1. The molecule has 8 heteroatoms. The van der Waals surface area contributed by atoms with E-state index >= 15 is 0 Å². The summed E-state index contributed by atoms with van der Waals surface area (Å²) in [7, 11) is 3.71. The number of nitrogens with zero attached hydrogens (tertiary/aromatic N) is 3. The summed E-state index contributed by atoms with van der Waals surface area (Å²) in [5.74, 6) is 0.611. The second-order valence-electron chi connectivity index (χ2n) is 7.98. The van der Waals surface area contributed by atoms with Crippen LogP contribution in [-0.2, 0) is 21.4 Å². The Labute approximate surface area is 188 Å². The van der Waals surface area contributed by atoms with E-state index in [4.69, 9.17) is 19.5 Å². The summed E-state index contributed by atoms with van der Waals surface area (Å²) in [5.41, 5.74) is 1.77. The van der Waals surface area contributed by atoms with Crippen LogP contribution in [0.25, 0.3) is 0 Å². The number of rotatable bonds is 8. The summed E-state index contributed by atoms with van der Waals surface area (Å²) < 4.78 is 24.9. The number of aliphatic imine (C=N–C) groups is 1. The Morgan fingerprint density at radius 1 is 1.42 bits per heavy atom. The minimum absolute atomic E-state index is 0.00870. The minimum Gasteiger partial charge on any atom is -0.381 e. The minimum atomic E-state index is -0.219. The number of thiazole rings is 1. The molecule has 0 radical (unpaired) electrons. The third kappa shape index (κ3) is 6.02. The second kappa shape index (κ2) is 11.0. The molecule has 0 spiro atoms. The molecular weight excluding hydrogens is 415 g/mol. The molecule has 2 aromatic rings. The molecule has 1 saturated heterocycles. The molecule has 170 valence electrons. The van der Waals surface area contributed by atoms with Crippen molar-refractivity contribution in [2.24, 2.45) is 4.99 Å². The molecule has 0 bridgehead atoms. The maximum absolute atomic E-state index is 14.0. The van der Waals surface area contributed by atoms with Crippen LogP contribution in [0, 0.1) is 5.82 Å². The summed E-state index contributed by atoms with van der Waals surface area (Å²) >= 11 is 1.61. The van der Waals surface area contributed by atoms with Gasteiger partial charge in [-0.15, -0.1) is 11.3 Å². The number of methoxy groups -OCH3 is 1. The molecule has 1 aliphatic rings. The molecule has 0 aliphatic carbocycles. The molecule has 1 fully saturated rings. The van der Waals surface area contributed by atoms with E-state index in [1.54, 1.807) is 30.6 Å². The van der Waals surface area contributed by atoms with Crippen molar-refractivity contribution in [2.45, 2.75) is 44.8 Å². The standard InChI is InChI=1S/C23H33FN4O2S/c1-5-25-22(28(3)14-20-15-31-21(27-20)17(2)29-4)26-16-23(9-11-30-12-10-23)18-7-6-8-19(24)13-18/h6-8,13,15,17H,5,9-12,14,16H2,1-4H3,(H,25,26). The van der Waals surface area contributed by atoms with Crippen LogP contribution in [0.5, 0.6) is 0 Å². The molecule has 1 aromatic carbocycles. The number of hydrogen-bond donors (Lipinski definition) is 1. The van der Waals surface area contributed by atoms with Crippen LogP contribution in [-0.4, -0.2) is 56.3 Å². The third-order valence-corrected chi connectivity index (χ3v) is 6.84. The highest BCUT2D eigenvalue weighted by atomic mass is 32.1. The van der Waals surface area contributed by atoms with Crippen molar-refractivity contribution < 1.29 is 13.9 Å². The Kier molecular flexibility index (Phi) is 8.40. The van der Waals surface area contributed by atoms with Crippen LogP contribution >= 0.6 is 11.3 Å². The van der Waals surface area contributed by atoms with Gasteiger partial charge in [0.05, 0.1) is 18.8 Å². The monoisotopic (exact) mass is 448 g/mol. The zero-order chi connectivity index (χ0) is 22.3. The SMILES string of the molecule is CCNC(=NCC1(c2cccc(F)c2)CCOCC1)N(C)Cc1csc(C(C)OC)n1. The lowest BCUT2D eigenvalue weighted by Gasteiger charge is -2.37. The van der Waals surface area contributed by atoms with E-state index in [1.165, 1.54) is 6.07 Å². The Balaban J connectivity index is 1.78. The van der Waals surface area contributed by atoms with Crippen molar-refractivity contribution >= 4 is 17.3 Å². The predicted molar refractivity (Wildman–Crippen MR) is 123 cm³/mol. The van der Waals surface area contributed by atoms with Gasteiger partial charge >= 0.3 is 0 Å². The number of nitrogens with one attached hydrogen (secondary N) is 1. The van der Waals surface area contributed by atoms with Gasteiger partial charge in [-0.2, -0.15) is 0 Å². The molecule has 6 nitrogen and oxygen atoms in total. The van der Waals surface area contributed by atoms with Crippen LogP contribution in [0.15, 0.2) is 34.6 Å². The van der Waals surface area contributed by atoms with E-state index in [0.717, 1.165) is 41.6 Å². The third-order valence-electron chi connectivity index (χ3n) is 5.78. The largest absolute Gasteiger partial charge is 0.381 e. The van der Waals surface area contributed by atoms with Gasteiger partial charge in [-0.25, -0.2) is 9.37 Å². The van der Waals surface area contributed by atoms with Crippen molar-refractivity contribution in [2.75, 3.05) is 40.5 Å². The first-order valence-electron chi connectivity index (χ1n) is 10.8. The molecule has 2 heterocycles. The smallest absolute Gasteiger partial charge is 0.194 e. The highest BCUT2D eigenvalue weighted by Crippen LogP contribution is 2.35. The Bertz CT molecular complexity index is 867. The van der Waals surface area contributed by atoms with E-state index in [2.05, 4.69) is 22.5 Å². The summed E-state index contributed by atoms with van der Waals surface area (Å²) in [6.07, 6.45) is 1.64. The van der Waals surface area contributed by atoms with Gasteiger partial charge in [0.25, 0.3) is 0 Å². The molecular formula is C23H33FN4O2S. The number of hydrogen-bond acceptors (Lipinski definition) is 5. The molecule has 1 atom stereocenters. The van der Waals surface area contributed by atoms with Crippen molar-refractivity contribution in [1.82, 2.24) is 15.2 Å². The number of ether oxygens (including phenoxy) is 2. The molecule has 1 aromatic heterocycles. The van der Waals surface area contributed by atoms with Gasteiger partial charge in [-0.05, 0) is 44.4 Å². The van der Waals surface area contributed by atoms with E-state index in [1.807, 2.05) is 20.0 Å². The van der Waals surface area contributed by atoms with Gasteiger partial charge < -0.3 is 19.7 Å². The van der Waals surface area contributed by atoms with Crippen LogP contribution in [0.2, 0.25) is 0 Å². The topological polar surface area (TPSA) is 59.0 Å². The van der Waals surface area contributed by atoms with E-state index in [-0.39, 0.29) is 17.3 Å². The van der Waals surface area contributed by atoms with Crippen LogP contribution in [0.4, 0.5) is 4.39 Å². The normalized spacial score (nSPS) is 17.4. The average molecular weight is 449 g/mol. The molecule has 0 amide bonds. The summed E-state index contributed by atoms with van der Waals surface area (Å²) in [5, 5.41) is 6.42. The quantitative estimate of drug-likeness (QED) is 0.486. The number of benzene rings is 1. The van der Waals surface area contributed by atoms with Gasteiger partial charge in [0.2, 0.25) is 0 Å². The van der Waals surface area contributed by atoms with Crippen LogP contribution < -0.4 is 5.32 Å². The van der Waals surface area contributed by atoms with Gasteiger partial charge in [-0.1, -0.05) is 12.1 Å². The highest BCUT2D eigenvalue weighted by molar-refractivity contribution is 7.09. The lowest BCUT2D eigenvalue weighted by atomic mass is 9.74.